The van der Waals surface area contributed by atoms with E-state index in [9.17, 15) is 9.59 Å². The summed E-state index contributed by atoms with van der Waals surface area (Å²) < 4.78 is 5.96. The fraction of sp³-hybridized carbons (Fsp3) is 0.429. The second-order valence-electron chi connectivity index (χ2n) is 9.41. The van der Waals surface area contributed by atoms with Gasteiger partial charge in [-0.25, -0.2) is 4.79 Å². The van der Waals surface area contributed by atoms with Gasteiger partial charge in [0.05, 0.1) is 0 Å². The van der Waals surface area contributed by atoms with Crippen LogP contribution in [-0.4, -0.2) is 35.5 Å². The van der Waals surface area contributed by atoms with Gasteiger partial charge in [-0.2, -0.15) is 0 Å². The first-order chi connectivity index (χ1) is 15.7. The Hall–Kier alpha value is -2.88. The van der Waals surface area contributed by atoms with Crippen LogP contribution in [0.15, 0.2) is 61.2 Å². The van der Waals surface area contributed by atoms with Crippen molar-refractivity contribution >= 4 is 11.9 Å². The predicted molar refractivity (Wildman–Crippen MR) is 125 cm³/mol. The molecule has 0 saturated carbocycles. The number of benzene rings is 2. The first kappa shape index (κ1) is 21.0. The summed E-state index contributed by atoms with van der Waals surface area (Å²) in [4.78, 5) is 27.8. The fourth-order valence-corrected chi connectivity index (χ4v) is 6.06. The van der Waals surface area contributed by atoms with E-state index in [1.54, 1.807) is 0 Å². The molecule has 2 heterocycles. The molecule has 1 aliphatic carbocycles. The average Bonchev–Trinajstić information content (AvgIpc) is 3.14. The van der Waals surface area contributed by atoms with Crippen molar-refractivity contribution < 1.29 is 14.3 Å². The molecule has 32 heavy (non-hydrogen) atoms. The minimum absolute atomic E-state index is 0.0721. The normalized spacial score (nSPS) is 23.9. The number of rotatable bonds is 6. The van der Waals surface area contributed by atoms with E-state index in [0.29, 0.717) is 18.8 Å². The fourth-order valence-electron chi connectivity index (χ4n) is 6.06. The maximum absolute atomic E-state index is 13.2. The molecule has 0 spiro atoms. The highest BCUT2D eigenvalue weighted by molar-refractivity contribution is 5.82. The molecular formula is C28H31NO3. The standard InChI is InChI=1S/C28H31NO3/c1-2-3-15-27(30)19-16-20-9-8-10-21(17-19)29(20)28(31)32-18-26-24-13-6-4-11-22(24)23-12-5-7-14-25(23)26/h2,4-7,11-14,19-21,26H,1,3,8-10,15-18H2. The second-order valence-corrected chi connectivity index (χ2v) is 9.41. The molecule has 4 heteroatoms. The van der Waals surface area contributed by atoms with Gasteiger partial charge in [0.1, 0.15) is 12.4 Å². The molecule has 1 amide bonds. The number of Topliss-reactive ketones (excluding diaryl/α,β-unsaturated/α-hetero) is 1. The molecule has 0 aromatic heterocycles. The molecule has 2 saturated heterocycles. The van der Waals surface area contributed by atoms with Gasteiger partial charge in [0, 0.05) is 30.3 Å². The molecule has 2 fully saturated rings. The van der Waals surface area contributed by atoms with E-state index < -0.39 is 0 Å². The van der Waals surface area contributed by atoms with Crippen LogP contribution in [0, 0.1) is 5.92 Å². The first-order valence-electron chi connectivity index (χ1n) is 11.9. The van der Waals surface area contributed by atoms with Crippen molar-refractivity contribution in [3.8, 4) is 11.1 Å². The van der Waals surface area contributed by atoms with Gasteiger partial charge in [-0.3, -0.25) is 4.79 Å². The summed E-state index contributed by atoms with van der Waals surface area (Å²) in [6, 6.07) is 17.1. The van der Waals surface area contributed by atoms with Crippen LogP contribution in [0.4, 0.5) is 4.79 Å². The first-order valence-corrected chi connectivity index (χ1v) is 11.9. The topological polar surface area (TPSA) is 46.6 Å². The lowest BCUT2D eigenvalue weighted by Crippen LogP contribution is -2.55. The number of carbonyl (C=O) groups excluding carboxylic acids is 2. The number of amides is 1. The number of fused-ring (bicyclic) bond motifs is 5. The number of allylic oxidation sites excluding steroid dienone is 1. The van der Waals surface area contributed by atoms with Crippen LogP contribution in [0.3, 0.4) is 0 Å². The van der Waals surface area contributed by atoms with Crippen molar-refractivity contribution in [2.24, 2.45) is 5.92 Å². The van der Waals surface area contributed by atoms with Gasteiger partial charge in [0.25, 0.3) is 0 Å². The molecule has 3 aliphatic rings. The van der Waals surface area contributed by atoms with Crippen LogP contribution < -0.4 is 0 Å². The summed E-state index contributed by atoms with van der Waals surface area (Å²) in [6.45, 7) is 4.08. The molecule has 0 N–H and O–H groups in total. The van der Waals surface area contributed by atoms with Gasteiger partial charge in [-0.05, 0) is 60.8 Å². The van der Waals surface area contributed by atoms with Gasteiger partial charge in [0.15, 0.2) is 0 Å². The lowest BCUT2D eigenvalue weighted by Gasteiger charge is -2.47. The Balaban J connectivity index is 1.28. The third-order valence-corrected chi connectivity index (χ3v) is 7.57. The van der Waals surface area contributed by atoms with Crippen LogP contribution >= 0.6 is 0 Å². The Bertz CT molecular complexity index is 969. The molecule has 2 aliphatic heterocycles. The molecule has 2 aromatic carbocycles. The van der Waals surface area contributed by atoms with E-state index in [1.807, 2.05) is 11.0 Å². The zero-order chi connectivity index (χ0) is 22.1. The van der Waals surface area contributed by atoms with Crippen LogP contribution in [0.1, 0.15) is 62.0 Å². The third kappa shape index (κ3) is 3.76. The average molecular weight is 430 g/mol. The lowest BCUT2D eigenvalue weighted by atomic mass is 9.76. The van der Waals surface area contributed by atoms with Crippen molar-refractivity contribution in [3.05, 3.63) is 72.3 Å². The number of ketones is 1. The molecule has 4 nitrogen and oxygen atoms in total. The molecule has 2 aromatic rings. The zero-order valence-corrected chi connectivity index (χ0v) is 18.5. The number of carbonyl (C=O) groups is 2. The largest absolute Gasteiger partial charge is 0.448 e. The van der Waals surface area contributed by atoms with Crippen LogP contribution in [-0.2, 0) is 9.53 Å². The van der Waals surface area contributed by atoms with Crippen molar-refractivity contribution in [1.82, 2.24) is 4.90 Å². The number of hydrogen-bond donors (Lipinski definition) is 0. The maximum atomic E-state index is 13.2. The summed E-state index contributed by atoms with van der Waals surface area (Å²) in [7, 11) is 0. The van der Waals surface area contributed by atoms with E-state index in [-0.39, 0.29) is 30.0 Å². The number of ether oxygens (including phenoxy) is 1. The molecule has 0 radical (unpaired) electrons. The molecule has 2 bridgehead atoms. The Morgan fingerprint density at radius 2 is 1.56 bits per heavy atom. The van der Waals surface area contributed by atoms with Crippen molar-refractivity contribution in [1.29, 1.82) is 0 Å². The van der Waals surface area contributed by atoms with Gasteiger partial charge in [0.2, 0.25) is 0 Å². The highest BCUT2D eigenvalue weighted by atomic mass is 16.6. The Labute approximate surface area is 190 Å². The summed E-state index contributed by atoms with van der Waals surface area (Å²) in [5.74, 6) is 0.473. The summed E-state index contributed by atoms with van der Waals surface area (Å²) in [6.07, 6.45) is 7.50. The van der Waals surface area contributed by atoms with Crippen molar-refractivity contribution in [2.75, 3.05) is 6.61 Å². The highest BCUT2D eigenvalue weighted by Crippen LogP contribution is 2.45. The Morgan fingerprint density at radius 1 is 0.969 bits per heavy atom. The lowest BCUT2D eigenvalue weighted by molar-refractivity contribution is -0.126. The van der Waals surface area contributed by atoms with Gasteiger partial charge < -0.3 is 9.64 Å². The van der Waals surface area contributed by atoms with Crippen molar-refractivity contribution in [2.45, 2.75) is 62.9 Å². The number of hydrogen-bond acceptors (Lipinski definition) is 3. The molecular weight excluding hydrogens is 398 g/mol. The van der Waals surface area contributed by atoms with Crippen LogP contribution in [0.2, 0.25) is 0 Å². The maximum Gasteiger partial charge on any atom is 0.410 e. The molecule has 2 atom stereocenters. The Morgan fingerprint density at radius 3 is 2.16 bits per heavy atom. The van der Waals surface area contributed by atoms with E-state index >= 15 is 0 Å². The van der Waals surface area contributed by atoms with E-state index in [4.69, 9.17) is 4.74 Å². The second kappa shape index (κ2) is 8.93. The summed E-state index contributed by atoms with van der Waals surface area (Å²) in [5.41, 5.74) is 4.93. The minimum Gasteiger partial charge on any atom is -0.448 e. The molecule has 166 valence electrons. The van der Waals surface area contributed by atoms with Gasteiger partial charge in [-0.15, -0.1) is 6.58 Å². The van der Waals surface area contributed by atoms with Crippen LogP contribution in [0.25, 0.3) is 11.1 Å². The van der Waals surface area contributed by atoms with E-state index in [2.05, 4.69) is 55.1 Å². The SMILES string of the molecule is C=CCCC(=O)C1CC2CCCC(C1)N2C(=O)OCC1c2ccccc2-c2ccccc21. The third-order valence-electron chi connectivity index (χ3n) is 7.57. The smallest absolute Gasteiger partial charge is 0.410 e. The number of piperidine rings is 2. The minimum atomic E-state index is -0.210. The van der Waals surface area contributed by atoms with E-state index in [1.165, 1.54) is 22.3 Å². The van der Waals surface area contributed by atoms with Gasteiger partial charge >= 0.3 is 6.09 Å². The quantitative estimate of drug-likeness (QED) is 0.521. The highest BCUT2D eigenvalue weighted by Gasteiger charge is 2.43. The van der Waals surface area contributed by atoms with Crippen LogP contribution in [0.5, 0.6) is 0 Å². The molecule has 5 rings (SSSR count). The molecule has 2 unspecified atom stereocenters. The van der Waals surface area contributed by atoms with Crippen molar-refractivity contribution in [3.63, 3.8) is 0 Å². The van der Waals surface area contributed by atoms with E-state index in [0.717, 1.165) is 38.5 Å². The predicted octanol–water partition coefficient (Wildman–Crippen LogP) is 6.10. The number of nitrogens with zero attached hydrogens (tertiary/aromatic N) is 1. The van der Waals surface area contributed by atoms with Gasteiger partial charge in [-0.1, -0.05) is 54.6 Å². The zero-order valence-electron chi connectivity index (χ0n) is 18.5. The summed E-state index contributed by atoms with van der Waals surface area (Å²) in [5, 5.41) is 0. The Kier molecular flexibility index (Phi) is 5.86. The monoisotopic (exact) mass is 429 g/mol. The summed E-state index contributed by atoms with van der Waals surface area (Å²) >= 11 is 0.